The van der Waals surface area contributed by atoms with Gasteiger partial charge in [-0.2, -0.15) is 0 Å². The molecule has 3 rings (SSSR count). The Balaban J connectivity index is 1.84. The third kappa shape index (κ3) is 4.02. The van der Waals surface area contributed by atoms with Gasteiger partial charge in [-0.25, -0.2) is 4.98 Å². The normalized spacial score (nSPS) is 21.3. The zero-order valence-electron chi connectivity index (χ0n) is 15.1. The molecule has 2 atom stereocenters. The Bertz CT molecular complexity index is 731. The molecular weight excluding hydrogens is 310 g/mol. The minimum Gasteiger partial charge on any atom is -0.508 e. The number of rotatable bonds is 5. The van der Waals surface area contributed by atoms with Gasteiger partial charge in [0.05, 0.1) is 0 Å². The summed E-state index contributed by atoms with van der Waals surface area (Å²) in [4.78, 5) is 9.58. The zero-order valence-corrected chi connectivity index (χ0v) is 15.1. The van der Waals surface area contributed by atoms with Gasteiger partial charge >= 0.3 is 0 Å². The first-order chi connectivity index (χ1) is 12.1. The van der Waals surface area contributed by atoms with Crippen molar-refractivity contribution in [3.63, 3.8) is 0 Å². The van der Waals surface area contributed by atoms with Gasteiger partial charge in [0.15, 0.2) is 0 Å². The van der Waals surface area contributed by atoms with E-state index in [9.17, 15) is 5.11 Å². The highest BCUT2D eigenvalue weighted by molar-refractivity contribution is 5.50. The smallest absolute Gasteiger partial charge is 0.132 e. The summed E-state index contributed by atoms with van der Waals surface area (Å²) >= 11 is 0. The van der Waals surface area contributed by atoms with E-state index < -0.39 is 0 Å². The number of anilines is 1. The Morgan fingerprint density at radius 3 is 2.80 bits per heavy atom. The minimum absolute atomic E-state index is 0.308. The molecule has 0 spiro atoms. The lowest BCUT2D eigenvalue weighted by Gasteiger charge is -2.45. The van der Waals surface area contributed by atoms with E-state index in [1.807, 2.05) is 36.5 Å². The molecule has 4 nitrogen and oxygen atoms in total. The summed E-state index contributed by atoms with van der Waals surface area (Å²) in [6.07, 6.45) is 4.62. The topological polar surface area (TPSA) is 39.6 Å². The van der Waals surface area contributed by atoms with Crippen molar-refractivity contribution in [3.8, 4) is 5.75 Å². The largest absolute Gasteiger partial charge is 0.508 e. The van der Waals surface area contributed by atoms with Crippen LogP contribution in [0.1, 0.15) is 25.0 Å². The molecule has 1 fully saturated rings. The van der Waals surface area contributed by atoms with Gasteiger partial charge in [0, 0.05) is 44.3 Å². The van der Waals surface area contributed by atoms with Crippen LogP contribution in [0.25, 0.3) is 0 Å². The lowest BCUT2D eigenvalue weighted by molar-refractivity contribution is 0.183. The van der Waals surface area contributed by atoms with Gasteiger partial charge in [-0.1, -0.05) is 24.3 Å². The van der Waals surface area contributed by atoms with Gasteiger partial charge < -0.3 is 10.0 Å². The number of phenolic OH excluding ortho intramolecular Hbond substituents is 1. The number of benzene rings is 1. The van der Waals surface area contributed by atoms with E-state index in [4.69, 9.17) is 4.98 Å². The third-order valence-corrected chi connectivity index (χ3v) is 4.92. The summed E-state index contributed by atoms with van der Waals surface area (Å²) in [5, 5.41) is 9.73. The molecule has 0 amide bonds. The molecule has 0 unspecified atom stereocenters. The van der Waals surface area contributed by atoms with Crippen LogP contribution < -0.4 is 4.90 Å². The number of phenols is 1. The van der Waals surface area contributed by atoms with Crippen LogP contribution in [0.3, 0.4) is 0 Å². The molecule has 4 heteroatoms. The summed E-state index contributed by atoms with van der Waals surface area (Å²) in [5.41, 5.74) is 2.30. The van der Waals surface area contributed by atoms with E-state index in [-0.39, 0.29) is 0 Å². The Morgan fingerprint density at radius 2 is 2.04 bits per heavy atom. The minimum atomic E-state index is 0.308. The van der Waals surface area contributed by atoms with Crippen molar-refractivity contribution >= 4 is 5.82 Å². The van der Waals surface area contributed by atoms with Crippen LogP contribution in [0.4, 0.5) is 5.82 Å². The van der Waals surface area contributed by atoms with Gasteiger partial charge in [0.25, 0.3) is 0 Å². The molecule has 2 heterocycles. The van der Waals surface area contributed by atoms with Crippen LogP contribution in [-0.4, -0.2) is 46.7 Å². The van der Waals surface area contributed by atoms with Crippen LogP contribution in [0.5, 0.6) is 5.75 Å². The average Bonchev–Trinajstić information content (AvgIpc) is 2.59. The van der Waals surface area contributed by atoms with Crippen molar-refractivity contribution in [2.45, 2.75) is 32.4 Å². The lowest BCUT2D eigenvalue weighted by Crippen LogP contribution is -2.56. The monoisotopic (exact) mass is 337 g/mol. The predicted molar refractivity (Wildman–Crippen MR) is 103 cm³/mol. The summed E-state index contributed by atoms with van der Waals surface area (Å²) in [5.74, 6) is 1.37. The quantitative estimate of drug-likeness (QED) is 0.848. The molecule has 25 heavy (non-hydrogen) atoms. The Morgan fingerprint density at radius 1 is 1.20 bits per heavy atom. The fraction of sp³-hybridized carbons (Fsp3) is 0.381. The second-order valence-corrected chi connectivity index (χ2v) is 6.93. The van der Waals surface area contributed by atoms with E-state index in [1.165, 1.54) is 5.56 Å². The summed E-state index contributed by atoms with van der Waals surface area (Å²) in [6, 6.07) is 12.5. The highest BCUT2D eigenvalue weighted by Crippen LogP contribution is 2.27. The predicted octanol–water partition coefficient (Wildman–Crippen LogP) is 3.46. The molecule has 1 saturated heterocycles. The van der Waals surface area contributed by atoms with Crippen LogP contribution in [0, 0.1) is 0 Å². The molecule has 0 radical (unpaired) electrons. The Labute approximate surface area is 150 Å². The molecular formula is C21H27N3O. The molecule has 2 aromatic rings. The average molecular weight is 337 g/mol. The van der Waals surface area contributed by atoms with Gasteiger partial charge in [0.2, 0.25) is 0 Å². The first-order valence-electron chi connectivity index (χ1n) is 8.92. The number of nitrogens with zero attached hydrogens (tertiary/aromatic N) is 3. The van der Waals surface area contributed by atoms with Crippen molar-refractivity contribution in [2.75, 3.05) is 24.5 Å². The second kappa shape index (κ2) is 7.70. The molecule has 0 bridgehead atoms. The number of aromatic hydroxyl groups is 1. The molecule has 0 aliphatic carbocycles. The second-order valence-electron chi connectivity index (χ2n) is 6.93. The SMILES string of the molecule is C=CCN1C[C@@H](C)N(c2ncccc2Cc2cccc(O)c2)C[C@@H]1C. The van der Waals surface area contributed by atoms with E-state index in [0.717, 1.165) is 37.4 Å². The first-order valence-corrected chi connectivity index (χ1v) is 8.92. The van der Waals surface area contributed by atoms with Crippen LogP contribution in [0.15, 0.2) is 55.3 Å². The molecule has 132 valence electrons. The Hall–Kier alpha value is -2.33. The summed E-state index contributed by atoms with van der Waals surface area (Å²) < 4.78 is 0. The number of piperazine rings is 1. The van der Waals surface area contributed by atoms with Crippen molar-refractivity contribution in [1.29, 1.82) is 0 Å². The highest BCUT2D eigenvalue weighted by atomic mass is 16.3. The maximum atomic E-state index is 9.73. The van der Waals surface area contributed by atoms with Crippen molar-refractivity contribution in [2.24, 2.45) is 0 Å². The van der Waals surface area contributed by atoms with Gasteiger partial charge in [-0.3, -0.25) is 4.90 Å². The summed E-state index contributed by atoms with van der Waals surface area (Å²) in [6.45, 7) is 11.3. The highest BCUT2D eigenvalue weighted by Gasteiger charge is 2.30. The molecule has 0 saturated carbocycles. The fourth-order valence-electron chi connectivity index (χ4n) is 3.63. The standard InChI is InChI=1S/C21H27N3O/c1-4-11-23-14-17(3)24(15-16(23)2)21-19(8-6-10-22-21)12-18-7-5-9-20(25)13-18/h4-10,13,16-17,25H,1,11-12,14-15H2,2-3H3/t16-,17+/m0/s1. The molecule has 1 aliphatic heterocycles. The fourth-order valence-corrected chi connectivity index (χ4v) is 3.63. The molecule has 1 aliphatic rings. The molecule has 1 N–H and O–H groups in total. The lowest BCUT2D eigenvalue weighted by atomic mass is 10.0. The van der Waals surface area contributed by atoms with Crippen LogP contribution in [-0.2, 0) is 6.42 Å². The Kier molecular flexibility index (Phi) is 5.39. The number of hydrogen-bond acceptors (Lipinski definition) is 4. The van der Waals surface area contributed by atoms with Gasteiger partial charge in [-0.05, 0) is 43.2 Å². The maximum Gasteiger partial charge on any atom is 0.132 e. The molecule has 1 aromatic heterocycles. The van der Waals surface area contributed by atoms with Crippen LogP contribution >= 0.6 is 0 Å². The van der Waals surface area contributed by atoms with E-state index in [2.05, 4.69) is 36.3 Å². The molecule has 1 aromatic carbocycles. The first kappa shape index (κ1) is 17.5. The van der Waals surface area contributed by atoms with Gasteiger partial charge in [0.1, 0.15) is 11.6 Å². The maximum absolute atomic E-state index is 9.73. The van der Waals surface area contributed by atoms with E-state index in [1.54, 1.807) is 6.07 Å². The number of hydrogen-bond donors (Lipinski definition) is 1. The van der Waals surface area contributed by atoms with E-state index >= 15 is 0 Å². The van der Waals surface area contributed by atoms with Crippen LogP contribution in [0.2, 0.25) is 0 Å². The number of pyridine rings is 1. The third-order valence-electron chi connectivity index (χ3n) is 4.92. The number of aromatic nitrogens is 1. The van der Waals surface area contributed by atoms with Gasteiger partial charge in [-0.15, -0.1) is 6.58 Å². The van der Waals surface area contributed by atoms with Crippen molar-refractivity contribution in [3.05, 3.63) is 66.4 Å². The van der Waals surface area contributed by atoms with Crippen molar-refractivity contribution in [1.82, 2.24) is 9.88 Å². The van der Waals surface area contributed by atoms with E-state index in [0.29, 0.717) is 17.8 Å². The van der Waals surface area contributed by atoms with Crippen molar-refractivity contribution < 1.29 is 5.11 Å². The summed E-state index contributed by atoms with van der Waals surface area (Å²) in [7, 11) is 0. The zero-order chi connectivity index (χ0) is 17.8.